The SMILES string of the molecule is Cc1cc(C)n(-c2cncc(NC(C)CCS(C)(=O)=O)n2)n1. The van der Waals surface area contributed by atoms with Gasteiger partial charge in [0.05, 0.1) is 23.8 Å². The van der Waals surface area contributed by atoms with E-state index in [1.165, 1.54) is 6.26 Å². The molecule has 22 heavy (non-hydrogen) atoms. The summed E-state index contributed by atoms with van der Waals surface area (Å²) >= 11 is 0. The molecule has 8 heteroatoms. The Bertz CT molecular complexity index is 754. The smallest absolute Gasteiger partial charge is 0.174 e. The maximum absolute atomic E-state index is 11.2. The molecule has 0 aliphatic heterocycles. The third-order valence-electron chi connectivity index (χ3n) is 3.16. The summed E-state index contributed by atoms with van der Waals surface area (Å²) in [6.45, 7) is 5.80. The van der Waals surface area contributed by atoms with Crippen LogP contribution < -0.4 is 5.32 Å². The number of aryl methyl sites for hydroxylation is 2. The average Bonchev–Trinajstić information content (AvgIpc) is 2.75. The highest BCUT2D eigenvalue weighted by Gasteiger charge is 2.10. The standard InChI is InChI=1S/C14H21N5O2S/c1-10(5-6-22(4,20)21)16-13-8-15-9-14(17-13)19-12(3)7-11(2)18-19/h7-10H,5-6H2,1-4H3,(H,16,17). The average molecular weight is 323 g/mol. The van der Waals surface area contributed by atoms with Crippen LogP contribution in [-0.2, 0) is 9.84 Å². The van der Waals surface area contributed by atoms with E-state index < -0.39 is 9.84 Å². The van der Waals surface area contributed by atoms with Crippen LogP contribution in [0.2, 0.25) is 0 Å². The number of hydrogen-bond donors (Lipinski definition) is 1. The third kappa shape index (κ3) is 4.52. The molecule has 2 rings (SSSR count). The first-order valence-electron chi connectivity index (χ1n) is 7.04. The number of nitrogens with zero attached hydrogens (tertiary/aromatic N) is 4. The van der Waals surface area contributed by atoms with Crippen LogP contribution in [0.3, 0.4) is 0 Å². The minimum atomic E-state index is -2.96. The van der Waals surface area contributed by atoms with E-state index in [2.05, 4.69) is 20.4 Å². The van der Waals surface area contributed by atoms with Crippen LogP contribution in [0.15, 0.2) is 18.5 Å². The molecule has 1 atom stereocenters. The van der Waals surface area contributed by atoms with Crippen LogP contribution in [0.25, 0.3) is 5.82 Å². The first-order chi connectivity index (χ1) is 10.2. The Morgan fingerprint density at radius 1 is 1.32 bits per heavy atom. The van der Waals surface area contributed by atoms with Crippen LogP contribution >= 0.6 is 0 Å². The highest BCUT2D eigenvalue weighted by atomic mass is 32.2. The van der Waals surface area contributed by atoms with Crippen molar-refractivity contribution in [2.75, 3.05) is 17.3 Å². The molecular formula is C14H21N5O2S. The summed E-state index contributed by atoms with van der Waals surface area (Å²) in [6, 6.07) is 1.95. The lowest BCUT2D eigenvalue weighted by atomic mass is 10.2. The van der Waals surface area contributed by atoms with E-state index in [9.17, 15) is 8.42 Å². The Kier molecular flexibility index (Phi) is 4.80. The summed E-state index contributed by atoms with van der Waals surface area (Å²) in [5, 5.41) is 7.55. The topological polar surface area (TPSA) is 89.8 Å². The fourth-order valence-electron chi connectivity index (χ4n) is 2.10. The van der Waals surface area contributed by atoms with Crippen LogP contribution in [0.1, 0.15) is 24.7 Å². The van der Waals surface area contributed by atoms with Gasteiger partial charge in [-0.15, -0.1) is 0 Å². The number of rotatable bonds is 6. The summed E-state index contributed by atoms with van der Waals surface area (Å²) in [7, 11) is -2.96. The lowest BCUT2D eigenvalue weighted by molar-refractivity contribution is 0.595. The van der Waals surface area contributed by atoms with E-state index in [0.717, 1.165) is 11.4 Å². The lowest BCUT2D eigenvalue weighted by Gasteiger charge is -2.14. The van der Waals surface area contributed by atoms with Gasteiger partial charge in [-0.3, -0.25) is 4.98 Å². The van der Waals surface area contributed by atoms with Gasteiger partial charge in [-0.1, -0.05) is 0 Å². The fourth-order valence-corrected chi connectivity index (χ4v) is 2.89. The monoisotopic (exact) mass is 323 g/mol. The molecule has 0 saturated carbocycles. The van der Waals surface area contributed by atoms with Crippen molar-refractivity contribution < 1.29 is 8.42 Å². The molecule has 0 fully saturated rings. The summed E-state index contributed by atoms with van der Waals surface area (Å²) in [4.78, 5) is 8.65. The maximum atomic E-state index is 11.2. The molecule has 2 aromatic rings. The second kappa shape index (κ2) is 6.43. The number of sulfone groups is 1. The van der Waals surface area contributed by atoms with Gasteiger partial charge in [0.15, 0.2) is 5.82 Å². The van der Waals surface area contributed by atoms with Gasteiger partial charge in [0.1, 0.15) is 15.7 Å². The normalized spacial score (nSPS) is 13.1. The van der Waals surface area contributed by atoms with Crippen molar-refractivity contribution in [3.8, 4) is 5.82 Å². The van der Waals surface area contributed by atoms with E-state index in [1.54, 1.807) is 17.1 Å². The fraction of sp³-hybridized carbons (Fsp3) is 0.500. The second-order valence-corrected chi connectivity index (χ2v) is 7.83. The Hall–Kier alpha value is -1.96. The largest absolute Gasteiger partial charge is 0.366 e. The number of aromatic nitrogens is 4. The molecule has 0 spiro atoms. The van der Waals surface area contributed by atoms with E-state index in [1.807, 2.05) is 26.8 Å². The summed E-state index contributed by atoms with van der Waals surface area (Å²) in [6.07, 6.45) is 5.02. The van der Waals surface area contributed by atoms with Gasteiger partial charge in [-0.25, -0.2) is 18.1 Å². The van der Waals surface area contributed by atoms with Gasteiger partial charge in [0.2, 0.25) is 0 Å². The van der Waals surface area contributed by atoms with Crippen molar-refractivity contribution in [1.29, 1.82) is 0 Å². The van der Waals surface area contributed by atoms with Crippen molar-refractivity contribution >= 4 is 15.7 Å². The molecule has 2 heterocycles. The molecule has 0 saturated heterocycles. The highest BCUT2D eigenvalue weighted by molar-refractivity contribution is 7.90. The molecule has 0 bridgehead atoms. The van der Waals surface area contributed by atoms with E-state index in [4.69, 9.17) is 0 Å². The first kappa shape index (κ1) is 16.4. The van der Waals surface area contributed by atoms with Gasteiger partial charge in [-0.05, 0) is 33.3 Å². The Labute approximate surface area is 130 Å². The van der Waals surface area contributed by atoms with Gasteiger partial charge in [-0.2, -0.15) is 5.10 Å². The first-order valence-corrected chi connectivity index (χ1v) is 9.10. The molecule has 0 aromatic carbocycles. The summed E-state index contributed by atoms with van der Waals surface area (Å²) < 4.78 is 24.1. The molecule has 0 amide bonds. The number of hydrogen-bond acceptors (Lipinski definition) is 6. The Balaban J connectivity index is 2.10. The third-order valence-corrected chi connectivity index (χ3v) is 4.14. The molecule has 120 valence electrons. The molecule has 1 N–H and O–H groups in total. The van der Waals surface area contributed by atoms with Crippen LogP contribution in [0, 0.1) is 13.8 Å². The molecule has 0 aliphatic carbocycles. The van der Waals surface area contributed by atoms with Gasteiger partial charge >= 0.3 is 0 Å². The van der Waals surface area contributed by atoms with Crippen LogP contribution in [0.5, 0.6) is 0 Å². The zero-order chi connectivity index (χ0) is 16.3. The molecule has 1 unspecified atom stereocenters. The van der Waals surface area contributed by atoms with Crippen molar-refractivity contribution in [3.63, 3.8) is 0 Å². The second-order valence-electron chi connectivity index (χ2n) is 5.57. The maximum Gasteiger partial charge on any atom is 0.174 e. The Morgan fingerprint density at radius 3 is 2.64 bits per heavy atom. The van der Waals surface area contributed by atoms with Crippen LogP contribution in [-0.4, -0.2) is 46.2 Å². The molecule has 0 aliphatic rings. The van der Waals surface area contributed by atoms with Crippen LogP contribution in [0.4, 0.5) is 5.82 Å². The van der Waals surface area contributed by atoms with E-state index in [-0.39, 0.29) is 11.8 Å². The molecule has 0 radical (unpaired) electrons. The quantitative estimate of drug-likeness (QED) is 0.867. The van der Waals surface area contributed by atoms with Gasteiger partial charge in [0.25, 0.3) is 0 Å². The summed E-state index contributed by atoms with van der Waals surface area (Å²) in [5.74, 6) is 1.38. The van der Waals surface area contributed by atoms with Crippen molar-refractivity contribution in [3.05, 3.63) is 29.8 Å². The number of nitrogens with one attached hydrogen (secondary N) is 1. The van der Waals surface area contributed by atoms with Gasteiger partial charge in [0, 0.05) is 18.0 Å². The van der Waals surface area contributed by atoms with Crippen molar-refractivity contribution in [1.82, 2.24) is 19.7 Å². The van der Waals surface area contributed by atoms with E-state index >= 15 is 0 Å². The van der Waals surface area contributed by atoms with E-state index in [0.29, 0.717) is 18.1 Å². The molecule has 7 nitrogen and oxygen atoms in total. The zero-order valence-electron chi connectivity index (χ0n) is 13.2. The Morgan fingerprint density at radius 2 is 2.05 bits per heavy atom. The minimum Gasteiger partial charge on any atom is -0.366 e. The lowest BCUT2D eigenvalue weighted by Crippen LogP contribution is -2.20. The van der Waals surface area contributed by atoms with Gasteiger partial charge < -0.3 is 5.32 Å². The number of anilines is 1. The van der Waals surface area contributed by atoms with Crippen molar-refractivity contribution in [2.24, 2.45) is 0 Å². The predicted molar refractivity (Wildman–Crippen MR) is 86.0 cm³/mol. The summed E-state index contributed by atoms with van der Waals surface area (Å²) in [5.41, 5.74) is 1.90. The zero-order valence-corrected chi connectivity index (χ0v) is 14.1. The molecule has 2 aromatic heterocycles. The van der Waals surface area contributed by atoms with Crippen molar-refractivity contribution in [2.45, 2.75) is 33.2 Å². The minimum absolute atomic E-state index is 0.0141. The predicted octanol–water partition coefficient (Wildman–Crippen LogP) is 1.51. The molecular weight excluding hydrogens is 302 g/mol. The highest BCUT2D eigenvalue weighted by Crippen LogP contribution is 2.12.